The van der Waals surface area contributed by atoms with Gasteiger partial charge in [-0.15, -0.1) is 0 Å². The van der Waals surface area contributed by atoms with Gasteiger partial charge in [-0.3, -0.25) is 0 Å². The molecule has 7 nitrogen and oxygen atoms in total. The van der Waals surface area contributed by atoms with Crippen LogP contribution in [0.1, 0.15) is 59.9 Å². The molecule has 0 bridgehead atoms. The minimum atomic E-state index is -1.93. The molecule has 0 aliphatic heterocycles. The number of nitrogens with one attached hydrogen (secondary N) is 1. The largest absolute Gasteiger partial charge is 0.544 e. The van der Waals surface area contributed by atoms with E-state index in [2.05, 4.69) is 84.3 Å². The third-order valence-electron chi connectivity index (χ3n) is 9.90. The summed E-state index contributed by atoms with van der Waals surface area (Å²) < 4.78 is 8.37. The van der Waals surface area contributed by atoms with Crippen molar-refractivity contribution >= 4 is 31.0 Å². The van der Waals surface area contributed by atoms with Crippen LogP contribution in [0, 0.1) is 5.41 Å². The summed E-state index contributed by atoms with van der Waals surface area (Å²) in [5, 5.41) is 8.73. The van der Waals surface area contributed by atoms with Crippen LogP contribution in [0.15, 0.2) is 78.0 Å². The van der Waals surface area contributed by atoms with Crippen molar-refractivity contribution in [3.8, 4) is 16.9 Å². The topological polar surface area (TPSA) is 103 Å². The molecule has 1 fully saturated rings. The second-order valence-corrected chi connectivity index (χ2v) is 18.8. The lowest BCUT2D eigenvalue weighted by Gasteiger charge is -2.39. The van der Waals surface area contributed by atoms with Gasteiger partial charge in [0.2, 0.25) is 8.32 Å². The second kappa shape index (κ2) is 10.6. The number of hydrogen-bond donors (Lipinski definition) is 3. The van der Waals surface area contributed by atoms with Gasteiger partial charge in [-0.05, 0) is 73.8 Å². The molecule has 1 aliphatic rings. The average molecular weight is 583 g/mol. The molecule has 2 aromatic heterocycles. The molecule has 2 heterocycles. The Hall–Kier alpha value is -3.62. The third-order valence-corrected chi connectivity index (χ3v) is 14.3. The molecule has 0 unspecified atom stereocenters. The molecule has 5 N–H and O–H groups in total. The number of aliphatic imine (C=N–C) groups is 1. The van der Waals surface area contributed by atoms with Gasteiger partial charge in [-0.1, -0.05) is 65.0 Å². The van der Waals surface area contributed by atoms with Crippen LogP contribution in [0.25, 0.3) is 16.6 Å². The van der Waals surface area contributed by atoms with Crippen LogP contribution in [0.3, 0.4) is 0 Å². The normalized spacial score (nSPS) is 21.1. The van der Waals surface area contributed by atoms with Crippen LogP contribution in [0.2, 0.25) is 18.1 Å². The highest BCUT2D eigenvalue weighted by molar-refractivity contribution is 6.74. The zero-order valence-corrected chi connectivity index (χ0v) is 27.3. The Morgan fingerprint density at radius 2 is 1.71 bits per heavy atom. The number of hydrogen-bond acceptors (Lipinski definition) is 5. The fourth-order valence-electron chi connectivity index (χ4n) is 5.38. The van der Waals surface area contributed by atoms with E-state index in [1.807, 2.05) is 53.2 Å². The predicted molar refractivity (Wildman–Crippen MR) is 178 cm³/mol. The molecule has 4 aromatic rings. The van der Waals surface area contributed by atoms with E-state index in [1.165, 1.54) is 0 Å². The molecule has 0 saturated heterocycles. The lowest BCUT2D eigenvalue weighted by Crippen LogP contribution is -2.51. The van der Waals surface area contributed by atoms with E-state index < -0.39 is 8.32 Å². The number of nitrogens with two attached hydrogens (primary N) is 2. The highest BCUT2D eigenvalue weighted by atomic mass is 28.4. The first-order valence-corrected chi connectivity index (χ1v) is 17.8. The van der Waals surface area contributed by atoms with E-state index in [0.717, 1.165) is 52.2 Å². The van der Waals surface area contributed by atoms with Crippen molar-refractivity contribution in [1.82, 2.24) is 9.61 Å². The number of rotatable bonds is 7. The second-order valence-electron chi connectivity index (χ2n) is 14.1. The van der Waals surface area contributed by atoms with Crippen molar-refractivity contribution in [3.63, 3.8) is 0 Å². The molecule has 2 aromatic carbocycles. The summed E-state index contributed by atoms with van der Waals surface area (Å²) in [5.74, 6) is 1.26. The van der Waals surface area contributed by atoms with Crippen LogP contribution >= 0.6 is 0 Å². The first-order chi connectivity index (χ1) is 19.6. The monoisotopic (exact) mass is 582 g/mol. The van der Waals surface area contributed by atoms with E-state index in [1.54, 1.807) is 0 Å². The van der Waals surface area contributed by atoms with Gasteiger partial charge in [0.1, 0.15) is 11.6 Å². The first kappa shape index (κ1) is 29.9. The Kier molecular flexibility index (Phi) is 7.52. The smallest absolute Gasteiger partial charge is 0.250 e. The minimum absolute atomic E-state index is 0.123. The summed E-state index contributed by atoms with van der Waals surface area (Å²) in [6.45, 7) is 17.9. The Morgan fingerprint density at radius 3 is 2.31 bits per heavy atom. The Bertz CT molecular complexity index is 1600. The molecule has 2 atom stereocenters. The van der Waals surface area contributed by atoms with Gasteiger partial charge >= 0.3 is 0 Å². The standard InChI is InChI=1S/C34H46N6OSi/c1-32(2,3)42(7,8)41-26-16-14-25(15-17-26)38-31(35)27-21-37-40-22-24(23-12-10-9-11-13-23)20-28(40)30(27)39-29-18-19-34(6,36)33(29,4)5/h9-17,20-22,29,39H,18-19,36H2,1-8H3,(H2,35,38)/t29-,34+/m1/s1. The van der Waals surface area contributed by atoms with E-state index in [9.17, 15) is 0 Å². The molecule has 0 amide bonds. The van der Waals surface area contributed by atoms with Crippen LogP contribution in [-0.2, 0) is 0 Å². The summed E-state index contributed by atoms with van der Waals surface area (Å²) in [5.41, 5.74) is 18.7. The molecule has 1 saturated carbocycles. The number of aromatic nitrogens is 2. The number of fused-ring (bicyclic) bond motifs is 1. The molecule has 0 spiro atoms. The first-order valence-electron chi connectivity index (χ1n) is 14.8. The number of anilines is 1. The molecule has 8 heteroatoms. The van der Waals surface area contributed by atoms with Gasteiger partial charge in [0.05, 0.1) is 28.7 Å². The Balaban J connectivity index is 1.53. The SMILES string of the molecule is CC1(C)[C@H](Nc2c(/C(N)=N/c3ccc(O[Si](C)(C)C(C)(C)C)cc3)cnn3cc(-c4ccccc4)cc23)CC[C@]1(C)N. The maximum absolute atomic E-state index is 6.75. The van der Waals surface area contributed by atoms with Crippen molar-refractivity contribution in [1.29, 1.82) is 0 Å². The van der Waals surface area contributed by atoms with Crippen LogP contribution < -0.4 is 21.2 Å². The van der Waals surface area contributed by atoms with Gasteiger partial charge in [-0.25, -0.2) is 9.51 Å². The van der Waals surface area contributed by atoms with E-state index in [0.29, 0.717) is 5.84 Å². The fraction of sp³-hybridized carbons (Fsp3) is 0.412. The molecule has 42 heavy (non-hydrogen) atoms. The predicted octanol–water partition coefficient (Wildman–Crippen LogP) is 7.74. The van der Waals surface area contributed by atoms with Crippen molar-refractivity contribution in [3.05, 3.63) is 78.6 Å². The molecular weight excluding hydrogens is 537 g/mol. The Morgan fingerprint density at radius 1 is 1.05 bits per heavy atom. The van der Waals surface area contributed by atoms with Gasteiger partial charge < -0.3 is 21.2 Å². The van der Waals surface area contributed by atoms with Crippen molar-refractivity contribution < 1.29 is 4.43 Å². The van der Waals surface area contributed by atoms with Crippen molar-refractivity contribution in [2.24, 2.45) is 21.9 Å². The summed E-state index contributed by atoms with van der Waals surface area (Å²) >= 11 is 0. The quantitative estimate of drug-likeness (QED) is 0.117. The number of amidine groups is 1. The summed E-state index contributed by atoms with van der Waals surface area (Å²) in [6.07, 6.45) is 5.77. The summed E-state index contributed by atoms with van der Waals surface area (Å²) in [6, 6.07) is 20.5. The van der Waals surface area contributed by atoms with Crippen LogP contribution in [0.5, 0.6) is 5.75 Å². The maximum Gasteiger partial charge on any atom is 0.250 e. The summed E-state index contributed by atoms with van der Waals surface area (Å²) in [4.78, 5) is 4.82. The van der Waals surface area contributed by atoms with E-state index in [-0.39, 0.29) is 22.0 Å². The lowest BCUT2D eigenvalue weighted by molar-refractivity contribution is 0.215. The van der Waals surface area contributed by atoms with E-state index in [4.69, 9.17) is 26.0 Å². The number of nitrogens with zero attached hydrogens (tertiary/aromatic N) is 3. The van der Waals surface area contributed by atoms with Gasteiger partial charge in [-0.2, -0.15) is 5.10 Å². The van der Waals surface area contributed by atoms with Crippen LogP contribution in [-0.4, -0.2) is 35.3 Å². The fourth-order valence-corrected chi connectivity index (χ4v) is 6.41. The Labute approximate surface area is 251 Å². The highest BCUT2D eigenvalue weighted by Crippen LogP contribution is 2.46. The molecule has 1 aliphatic carbocycles. The van der Waals surface area contributed by atoms with Crippen LogP contribution in [0.4, 0.5) is 11.4 Å². The van der Waals surface area contributed by atoms with Gasteiger partial charge in [0.15, 0.2) is 0 Å². The van der Waals surface area contributed by atoms with Crippen molar-refractivity contribution in [2.45, 2.75) is 84.1 Å². The minimum Gasteiger partial charge on any atom is -0.544 e. The molecule has 222 valence electrons. The molecule has 5 rings (SSSR count). The number of benzene rings is 2. The van der Waals surface area contributed by atoms with Crippen molar-refractivity contribution in [2.75, 3.05) is 5.32 Å². The summed E-state index contributed by atoms with van der Waals surface area (Å²) in [7, 11) is -1.93. The van der Waals surface area contributed by atoms with Gasteiger partial charge in [0.25, 0.3) is 0 Å². The third kappa shape index (κ3) is 5.57. The zero-order valence-electron chi connectivity index (χ0n) is 26.3. The molecule has 0 radical (unpaired) electrons. The maximum atomic E-state index is 6.75. The van der Waals surface area contributed by atoms with Gasteiger partial charge in [0, 0.05) is 28.8 Å². The highest BCUT2D eigenvalue weighted by Gasteiger charge is 2.49. The zero-order chi connectivity index (χ0) is 30.5. The van der Waals surface area contributed by atoms with E-state index >= 15 is 0 Å². The average Bonchev–Trinajstić information content (AvgIpc) is 3.44. The molecular formula is C34H46N6OSi. The lowest BCUT2D eigenvalue weighted by atomic mass is 9.75.